The average molecular weight is 1650 g/mol. The van der Waals surface area contributed by atoms with Gasteiger partial charge in [-0.3, -0.25) is 32.3 Å². The lowest BCUT2D eigenvalue weighted by Gasteiger charge is -2.24. The van der Waals surface area contributed by atoms with Crippen LogP contribution in [0.1, 0.15) is 75.9 Å². The van der Waals surface area contributed by atoms with Crippen molar-refractivity contribution in [2.75, 3.05) is 51.1 Å². The highest BCUT2D eigenvalue weighted by Crippen LogP contribution is 2.35. The molecule has 0 aromatic heterocycles. The highest BCUT2D eigenvalue weighted by Gasteiger charge is 2.27. The van der Waals surface area contributed by atoms with Gasteiger partial charge in [0.15, 0.2) is 0 Å². The first-order valence-corrected chi connectivity index (χ1v) is 37.9. The van der Waals surface area contributed by atoms with E-state index in [4.69, 9.17) is 57.9 Å². The van der Waals surface area contributed by atoms with Crippen molar-refractivity contribution in [1.29, 1.82) is 0 Å². The predicted octanol–water partition coefficient (Wildman–Crippen LogP) is 9.12. The maximum absolute atomic E-state index is 11.2. The minimum atomic E-state index is -4.46. The summed E-state index contributed by atoms with van der Waals surface area (Å²) in [6.45, 7) is 41.3. The van der Waals surface area contributed by atoms with Crippen LogP contribution in [0, 0.1) is 0 Å². The van der Waals surface area contributed by atoms with Gasteiger partial charge >= 0.3 is 55.6 Å². The van der Waals surface area contributed by atoms with E-state index in [0.29, 0.717) is 17.6 Å². The number of rotatable bonds is 31. The van der Waals surface area contributed by atoms with Gasteiger partial charge in [-0.25, -0.2) is 38.1 Å². The summed E-state index contributed by atoms with van der Waals surface area (Å²) in [5.74, 6) is -6.62. The number of hydrogen-bond acceptors (Lipinski definition) is 24. The zero-order chi connectivity index (χ0) is 86.8. The van der Waals surface area contributed by atoms with Crippen molar-refractivity contribution < 1.29 is 158 Å². The molecule has 0 bridgehead atoms. The lowest BCUT2D eigenvalue weighted by molar-refractivity contribution is -0.143. The molecular formula is C70H92NO34PS4. The second kappa shape index (κ2) is 59.1. The molecule has 0 radical (unpaired) electrons. The molecule has 11 N–H and O–H groups in total. The Labute approximate surface area is 638 Å². The van der Waals surface area contributed by atoms with E-state index in [0.717, 1.165) is 46.2 Å². The highest BCUT2D eigenvalue weighted by atomic mass is 32.2. The van der Waals surface area contributed by atoms with Crippen molar-refractivity contribution in [2.24, 2.45) is 0 Å². The normalized spacial score (nSPS) is 10.1. The summed E-state index contributed by atoms with van der Waals surface area (Å²) in [4.78, 5) is 109. The molecule has 0 fully saturated rings. The maximum Gasteiger partial charge on any atom is 0.469 e. The van der Waals surface area contributed by atoms with Crippen LogP contribution in [0.5, 0.6) is 5.75 Å². The number of phosphoric ester groups is 1. The van der Waals surface area contributed by atoms with Crippen LogP contribution in [-0.4, -0.2) is 192 Å². The quantitative estimate of drug-likeness (QED) is 0.00558. The molecule has 0 aliphatic carbocycles. The Morgan fingerprint density at radius 1 is 0.518 bits per heavy atom. The lowest BCUT2D eigenvalue weighted by atomic mass is 10.1. The van der Waals surface area contributed by atoms with E-state index in [1.54, 1.807) is 48.6 Å². The van der Waals surface area contributed by atoms with E-state index >= 15 is 0 Å². The van der Waals surface area contributed by atoms with Crippen molar-refractivity contribution in [2.45, 2.75) is 64.8 Å². The molecule has 110 heavy (non-hydrogen) atoms. The number of carboxylic acids is 4. The molecule has 0 aliphatic rings. The number of benzene rings is 4. The molecule has 4 rings (SSSR count). The van der Waals surface area contributed by atoms with Crippen LogP contribution in [0.4, 0.5) is 0 Å². The first-order chi connectivity index (χ1) is 50.4. The maximum atomic E-state index is 11.2. The summed E-state index contributed by atoms with van der Waals surface area (Å²) >= 11 is 0. The minimum absolute atomic E-state index is 0.0362. The summed E-state index contributed by atoms with van der Waals surface area (Å²) < 4.78 is 153. The van der Waals surface area contributed by atoms with E-state index in [1.807, 2.05) is 54.6 Å². The lowest BCUT2D eigenvalue weighted by Crippen LogP contribution is -2.48. The number of aliphatic carboxylic acids is 3. The highest BCUT2D eigenvalue weighted by molar-refractivity contribution is 7.88. The summed E-state index contributed by atoms with van der Waals surface area (Å²) in [6.07, 6.45) is 6.14. The fraction of sp³-hybridized carbons (Fsp3) is 0.243. The Morgan fingerprint density at radius 3 is 1.27 bits per heavy atom. The van der Waals surface area contributed by atoms with E-state index < -0.39 is 119 Å². The first kappa shape index (κ1) is 110. The van der Waals surface area contributed by atoms with Crippen molar-refractivity contribution in [3.8, 4) is 16.9 Å². The Hall–Kier alpha value is -10.9. The second-order valence-electron chi connectivity index (χ2n) is 20.9. The standard InChI is InChI=1S/C17H16O3.C9H8O2.C8H15NO4S.C8H8O3S.C7H12O5S.C6H11O6P.C6H8O4.C4H6O2.C3H4O2.C2H4O3S/c1-2-17(18)20-13-12-19-16-11-7-6-10-15(16)14-8-4-3-5-9-14;1-2-7-3-5-8(6-4-7)9(10)11;1-6(2)7(10)9-8(3,4)5-14(11,12)13;1-2-7-3-5-8(6-4-7)12(9,10)11;1-6(2)7(8)12-4-3-5-13(9,10)11;1-5(2)6(7)11-3-4-12-13(8,9)10;1-2-6(9)10-4-3-5(7)8;1-3(2)4(5)6;1-2-3(4)5;1-2-6(3,4)5/h2-11H,1,12-13H2;2-6H,1H2,(H,10,11);1,5H2,2-4H3,(H,9,10)(H,11,12,13);2-6H,1H2,(H,9,10,11);1,3-5H2,2H3,(H,9,10,11);1,3-4H2,2H3,(H2,8,9,10);2H,1,3-4H2,(H,7,8);1H2,2H3,(H,5,6);2H,1H2,(H,4,5);2H,1H2,(H,3,4,5). The largest absolute Gasteiger partial charge is 0.489 e. The second-order valence-corrected chi connectivity index (χ2v) is 28.0. The van der Waals surface area contributed by atoms with Crippen LogP contribution in [0.15, 0.2) is 220 Å². The van der Waals surface area contributed by atoms with Gasteiger partial charge < -0.3 is 59.2 Å². The SMILES string of the molecule is C=C(C)C(=O)NC(C)(C)CS(=O)(=O)O.C=C(C)C(=O)O.C=C(C)C(=O)OCCCS(=O)(=O)O.C=C(C)C(=O)OCCOP(=O)(O)O.C=CC(=O)O.C=CC(=O)OCCC(=O)O.C=CC(=O)OCCOc1ccccc1-c1ccccc1.C=CS(=O)(=O)O.C=Cc1ccc(C(=O)O)cc1.C=Cc1ccc(S(=O)(=O)O)cc1. The molecule has 0 atom stereocenters. The van der Waals surface area contributed by atoms with Crippen LogP contribution in [0.3, 0.4) is 0 Å². The zero-order valence-corrected chi connectivity index (χ0v) is 64.9. The number of para-hydroxylation sites is 1. The smallest absolute Gasteiger partial charge is 0.469 e. The summed E-state index contributed by atoms with van der Waals surface area (Å²) in [6, 6.07) is 30.1. The third-order valence-corrected chi connectivity index (χ3v) is 14.1. The Kier molecular flexibility index (Phi) is 59.1. The number of carbonyl (C=O) groups excluding carboxylic acids is 5. The molecule has 0 unspecified atom stereocenters. The Morgan fingerprint density at radius 2 is 0.927 bits per heavy atom. The topological polar surface area (TPSA) is 577 Å². The number of hydrogen-bond donors (Lipinski definition) is 11. The summed E-state index contributed by atoms with van der Waals surface area (Å²) in [7, 11) is -20.5. The summed E-state index contributed by atoms with van der Waals surface area (Å²) in [5.41, 5.74) is 4.07. The number of ether oxygens (including phenoxy) is 5. The molecular weight excluding hydrogens is 1560 g/mol. The van der Waals surface area contributed by atoms with Crippen LogP contribution in [0.2, 0.25) is 0 Å². The van der Waals surface area contributed by atoms with Gasteiger partial charge in [0.05, 0.1) is 52.5 Å². The number of aromatic carboxylic acids is 1. The molecule has 0 spiro atoms. The van der Waals surface area contributed by atoms with Gasteiger partial charge in [-0.2, -0.15) is 33.7 Å². The fourth-order valence-electron chi connectivity index (χ4n) is 5.49. The first-order valence-electron chi connectivity index (χ1n) is 30.2. The summed E-state index contributed by atoms with van der Waals surface area (Å²) in [5, 5.41) is 35.0. The molecule has 0 aliphatic heterocycles. The molecule has 4 aromatic carbocycles. The fourth-order valence-corrected chi connectivity index (χ4v) is 7.75. The predicted molar refractivity (Wildman–Crippen MR) is 408 cm³/mol. The van der Waals surface area contributed by atoms with Crippen LogP contribution in [-0.2, 0) is 107 Å². The monoisotopic (exact) mass is 1650 g/mol. The molecule has 35 nitrogen and oxygen atoms in total. The van der Waals surface area contributed by atoms with E-state index in [2.05, 4.69) is 89.8 Å². The van der Waals surface area contributed by atoms with Crippen LogP contribution >= 0.6 is 7.82 Å². The van der Waals surface area contributed by atoms with Gasteiger partial charge in [-0.15, -0.1) is 0 Å². The van der Waals surface area contributed by atoms with Gasteiger partial charge in [-0.05, 0) is 95.0 Å². The van der Waals surface area contributed by atoms with Crippen molar-refractivity contribution >= 4 is 114 Å². The molecule has 0 saturated heterocycles. The Bertz CT molecular complexity index is 4240. The Balaban J connectivity index is -0.000000279. The van der Waals surface area contributed by atoms with Gasteiger partial charge in [0, 0.05) is 46.1 Å². The van der Waals surface area contributed by atoms with Crippen molar-refractivity contribution in [3.63, 3.8) is 0 Å². The zero-order valence-electron chi connectivity index (χ0n) is 60.8. The molecule has 0 heterocycles. The number of carbonyl (C=O) groups is 9. The van der Waals surface area contributed by atoms with E-state index in [9.17, 15) is 81.4 Å². The van der Waals surface area contributed by atoms with Gasteiger partial charge in [0.25, 0.3) is 40.5 Å². The van der Waals surface area contributed by atoms with Crippen molar-refractivity contribution in [1.82, 2.24) is 5.32 Å². The minimum Gasteiger partial charge on any atom is -0.489 e. The van der Waals surface area contributed by atoms with Gasteiger partial charge in [0.2, 0.25) is 5.91 Å². The number of nitrogens with one attached hydrogen (secondary N) is 1. The molecule has 610 valence electrons. The molecule has 1 amide bonds. The number of amides is 1. The van der Waals surface area contributed by atoms with Crippen molar-refractivity contribution in [3.05, 3.63) is 232 Å². The van der Waals surface area contributed by atoms with E-state index in [-0.39, 0.29) is 73.1 Å². The number of phosphoric acid groups is 1. The van der Waals surface area contributed by atoms with Gasteiger partial charge in [-0.1, -0.05) is 151 Å². The number of carboxylic acid groups (broad SMARTS) is 4. The third-order valence-electron chi connectivity index (χ3n) is 10.4. The van der Waals surface area contributed by atoms with Gasteiger partial charge in [0.1, 0.15) is 32.2 Å². The van der Waals surface area contributed by atoms with Crippen LogP contribution in [0.25, 0.3) is 23.3 Å². The molecule has 40 heteroatoms. The molecule has 0 saturated carbocycles. The number of esters is 4. The third kappa shape index (κ3) is 72.6. The average Bonchev–Trinajstić information content (AvgIpc) is 0.860. The van der Waals surface area contributed by atoms with E-state index in [1.165, 1.54) is 53.7 Å². The molecule has 4 aromatic rings. The van der Waals surface area contributed by atoms with Crippen LogP contribution < -0.4 is 10.1 Å².